The number of likely N-dealkylation sites (tertiary alicyclic amines) is 1. The van der Waals surface area contributed by atoms with Gasteiger partial charge in [-0.3, -0.25) is 14.4 Å². The van der Waals surface area contributed by atoms with E-state index in [1.54, 1.807) is 0 Å². The number of hydroxylamine groups is 2. The smallest absolute Gasteiger partial charge is 0.292 e. The number of amides is 2. The Labute approximate surface area is 112 Å². The van der Waals surface area contributed by atoms with Gasteiger partial charge in [0.2, 0.25) is 0 Å². The van der Waals surface area contributed by atoms with Gasteiger partial charge in [0.25, 0.3) is 11.8 Å². The van der Waals surface area contributed by atoms with E-state index in [0.29, 0.717) is 6.02 Å². The van der Waals surface area contributed by atoms with Crippen LogP contribution in [-0.4, -0.2) is 58.6 Å². The zero-order valence-corrected chi connectivity index (χ0v) is 11.1. The van der Waals surface area contributed by atoms with Crippen LogP contribution in [0.25, 0.3) is 0 Å². The Balaban J connectivity index is 1.81. The van der Waals surface area contributed by atoms with Gasteiger partial charge in [0.15, 0.2) is 0 Å². The van der Waals surface area contributed by atoms with E-state index < -0.39 is 0 Å². The van der Waals surface area contributed by atoms with Crippen LogP contribution < -0.4 is 0 Å². The zero-order valence-electron chi connectivity index (χ0n) is 11.1. The largest absolute Gasteiger partial charge is 0.471 e. The molecule has 3 aliphatic rings. The number of rotatable bonds is 1. The molecule has 0 unspecified atom stereocenters. The Hall–Kier alpha value is -1.59. The SMILES string of the molecule is O=C1CCC(=O)N1OC(N1CCCC1)=[N+]1CCCC1. The molecule has 0 bridgehead atoms. The van der Waals surface area contributed by atoms with Crippen LogP contribution in [0.15, 0.2) is 0 Å². The van der Waals surface area contributed by atoms with Crippen molar-refractivity contribution in [3.63, 3.8) is 0 Å². The van der Waals surface area contributed by atoms with E-state index in [4.69, 9.17) is 4.84 Å². The first-order valence-electron chi connectivity index (χ1n) is 7.16. The standard InChI is InChI=1S/C13H20N3O3/c17-11-5-6-12(18)16(11)19-13(14-7-1-2-8-14)15-9-3-4-10-15/h1-10H2/q+1. The highest BCUT2D eigenvalue weighted by molar-refractivity contribution is 6.01. The molecule has 0 spiro atoms. The maximum Gasteiger partial charge on any atom is 0.471 e. The highest BCUT2D eigenvalue weighted by atomic mass is 16.7. The minimum Gasteiger partial charge on any atom is -0.292 e. The van der Waals surface area contributed by atoms with Crippen molar-refractivity contribution in [2.75, 3.05) is 26.2 Å². The molecular formula is C13H20N3O3+. The molecule has 3 rings (SSSR count). The molecule has 6 heteroatoms. The third-order valence-electron chi connectivity index (χ3n) is 3.93. The molecular weight excluding hydrogens is 246 g/mol. The summed E-state index contributed by atoms with van der Waals surface area (Å²) in [6.07, 6.45) is 5.11. The second-order valence-corrected chi connectivity index (χ2v) is 5.34. The van der Waals surface area contributed by atoms with Gasteiger partial charge in [-0.15, -0.1) is 0 Å². The Morgan fingerprint density at radius 1 is 0.947 bits per heavy atom. The summed E-state index contributed by atoms with van der Waals surface area (Å²) < 4.78 is 2.16. The molecule has 0 aromatic rings. The summed E-state index contributed by atoms with van der Waals surface area (Å²) in [5.74, 6) is -0.443. The molecule has 6 nitrogen and oxygen atoms in total. The molecule has 0 atom stereocenters. The fraction of sp³-hybridized carbons (Fsp3) is 0.769. The Morgan fingerprint density at radius 2 is 1.53 bits per heavy atom. The maximum absolute atomic E-state index is 11.7. The zero-order chi connectivity index (χ0) is 13.2. The summed E-state index contributed by atoms with van der Waals surface area (Å²) in [5.41, 5.74) is 0. The van der Waals surface area contributed by atoms with E-state index in [1.165, 1.54) is 0 Å². The van der Waals surface area contributed by atoms with Gasteiger partial charge in [-0.05, 0) is 25.7 Å². The van der Waals surface area contributed by atoms with Crippen molar-refractivity contribution in [1.29, 1.82) is 0 Å². The Morgan fingerprint density at radius 3 is 2.11 bits per heavy atom. The molecule has 0 aromatic carbocycles. The average molecular weight is 266 g/mol. The summed E-state index contributed by atoms with van der Waals surface area (Å²) in [7, 11) is 0. The molecule has 3 fully saturated rings. The van der Waals surface area contributed by atoms with Crippen LogP contribution in [-0.2, 0) is 14.4 Å². The van der Waals surface area contributed by atoms with E-state index >= 15 is 0 Å². The molecule has 0 saturated carbocycles. The number of carbonyl (C=O) groups is 2. The molecule has 0 aliphatic carbocycles. The van der Waals surface area contributed by atoms with E-state index in [-0.39, 0.29) is 24.7 Å². The predicted octanol–water partition coefficient (Wildman–Crippen LogP) is 0.325. The second kappa shape index (κ2) is 5.19. The van der Waals surface area contributed by atoms with Crippen LogP contribution in [0.5, 0.6) is 0 Å². The highest BCUT2D eigenvalue weighted by Crippen LogP contribution is 2.17. The molecule has 3 saturated heterocycles. The summed E-state index contributed by atoms with van der Waals surface area (Å²) >= 11 is 0. The molecule has 3 heterocycles. The van der Waals surface area contributed by atoms with Crippen LogP contribution in [0.2, 0.25) is 0 Å². The predicted molar refractivity (Wildman–Crippen MR) is 67.2 cm³/mol. The number of amidine groups is 1. The average Bonchev–Trinajstić information content (AvgIpc) is 3.12. The van der Waals surface area contributed by atoms with Crippen molar-refractivity contribution >= 4 is 17.8 Å². The van der Waals surface area contributed by atoms with Crippen molar-refractivity contribution in [2.24, 2.45) is 0 Å². The Kier molecular flexibility index (Phi) is 3.40. The van der Waals surface area contributed by atoms with Crippen LogP contribution in [0.1, 0.15) is 38.5 Å². The summed E-state index contributed by atoms with van der Waals surface area (Å²) in [6, 6.07) is 0.707. The van der Waals surface area contributed by atoms with E-state index in [0.717, 1.165) is 56.9 Å². The quantitative estimate of drug-likeness (QED) is 0.390. The lowest BCUT2D eigenvalue weighted by molar-refractivity contribution is -0.524. The molecule has 3 aliphatic heterocycles. The summed E-state index contributed by atoms with van der Waals surface area (Å²) in [4.78, 5) is 31.2. The van der Waals surface area contributed by atoms with Gasteiger partial charge < -0.3 is 0 Å². The highest BCUT2D eigenvalue weighted by Gasteiger charge is 2.38. The molecule has 0 N–H and O–H groups in total. The van der Waals surface area contributed by atoms with Crippen LogP contribution >= 0.6 is 0 Å². The van der Waals surface area contributed by atoms with Crippen molar-refractivity contribution in [1.82, 2.24) is 9.96 Å². The van der Waals surface area contributed by atoms with Gasteiger partial charge in [0.1, 0.15) is 0 Å². The Bertz CT molecular complexity index is 403. The van der Waals surface area contributed by atoms with E-state index in [2.05, 4.69) is 9.48 Å². The lowest BCUT2D eigenvalue weighted by atomic mass is 10.4. The van der Waals surface area contributed by atoms with Crippen molar-refractivity contribution in [3.8, 4) is 0 Å². The minimum absolute atomic E-state index is 0.221. The molecule has 2 amide bonds. The molecule has 104 valence electrons. The first kappa shape index (κ1) is 12.4. The second-order valence-electron chi connectivity index (χ2n) is 5.34. The number of carbonyl (C=O) groups excluding carboxylic acids is 2. The number of nitrogens with zero attached hydrogens (tertiary/aromatic N) is 3. The van der Waals surface area contributed by atoms with Gasteiger partial charge in [0.05, 0.1) is 26.2 Å². The number of hydrogen-bond donors (Lipinski definition) is 0. The van der Waals surface area contributed by atoms with E-state index in [1.807, 2.05) is 0 Å². The third-order valence-corrected chi connectivity index (χ3v) is 3.93. The first-order valence-corrected chi connectivity index (χ1v) is 7.16. The van der Waals surface area contributed by atoms with Crippen molar-refractivity contribution < 1.29 is 19.0 Å². The normalized spacial score (nSPS) is 23.7. The molecule has 0 aromatic heterocycles. The van der Waals surface area contributed by atoms with Gasteiger partial charge in [-0.1, -0.05) is 5.06 Å². The van der Waals surface area contributed by atoms with Crippen molar-refractivity contribution in [2.45, 2.75) is 38.5 Å². The van der Waals surface area contributed by atoms with Gasteiger partial charge in [-0.25, -0.2) is 9.48 Å². The summed E-state index contributed by atoms with van der Waals surface area (Å²) in [6.45, 7) is 3.79. The van der Waals surface area contributed by atoms with Gasteiger partial charge >= 0.3 is 6.02 Å². The van der Waals surface area contributed by atoms with Gasteiger partial charge in [0, 0.05) is 12.8 Å². The summed E-state index contributed by atoms with van der Waals surface area (Å²) in [5, 5.41) is 0.964. The minimum atomic E-state index is -0.221. The fourth-order valence-corrected chi connectivity index (χ4v) is 2.87. The topological polar surface area (TPSA) is 52.9 Å². The van der Waals surface area contributed by atoms with Crippen LogP contribution in [0.4, 0.5) is 0 Å². The van der Waals surface area contributed by atoms with E-state index in [9.17, 15) is 9.59 Å². The monoisotopic (exact) mass is 266 g/mol. The fourth-order valence-electron chi connectivity index (χ4n) is 2.87. The van der Waals surface area contributed by atoms with Crippen molar-refractivity contribution in [3.05, 3.63) is 0 Å². The maximum atomic E-state index is 11.7. The first-order chi connectivity index (χ1) is 9.25. The lowest BCUT2D eigenvalue weighted by Gasteiger charge is -2.19. The number of imide groups is 1. The number of hydrogen-bond acceptors (Lipinski definition) is 3. The van der Waals surface area contributed by atoms with Crippen LogP contribution in [0, 0.1) is 0 Å². The third kappa shape index (κ3) is 2.43. The lowest BCUT2D eigenvalue weighted by Crippen LogP contribution is -2.44. The van der Waals surface area contributed by atoms with Gasteiger partial charge in [-0.2, -0.15) is 0 Å². The molecule has 0 radical (unpaired) electrons. The molecule has 19 heavy (non-hydrogen) atoms. The van der Waals surface area contributed by atoms with Crippen LogP contribution in [0.3, 0.4) is 0 Å².